The zero-order valence-corrected chi connectivity index (χ0v) is 21.5. The molecule has 5 aromatic rings. The number of fused-ring (bicyclic) bond motifs is 1. The SMILES string of the molecule is O=C(CCc1ccc(-c2cnc3[nH]c(-c4ccc(NCCO)nc4)cc3c2)c(F)c1)Nc1cncc(C(F)(F)F)c1. The Morgan fingerprint density at radius 1 is 0.951 bits per heavy atom. The molecular weight excluding hydrogens is 540 g/mol. The van der Waals surface area contributed by atoms with E-state index in [1.54, 1.807) is 30.6 Å². The molecule has 1 aromatic carbocycles. The van der Waals surface area contributed by atoms with E-state index < -0.39 is 23.5 Å². The second kappa shape index (κ2) is 11.7. The second-order valence-electron chi connectivity index (χ2n) is 9.25. The minimum absolute atomic E-state index is 0.00437. The number of carbonyl (C=O) groups is 1. The monoisotopic (exact) mass is 564 g/mol. The molecule has 41 heavy (non-hydrogen) atoms. The number of aromatic amines is 1. The number of hydrogen-bond donors (Lipinski definition) is 4. The number of benzene rings is 1. The Bertz CT molecular complexity index is 1690. The molecule has 0 spiro atoms. The Morgan fingerprint density at radius 2 is 1.78 bits per heavy atom. The molecule has 0 aliphatic heterocycles. The number of hydrogen-bond acceptors (Lipinski definition) is 6. The van der Waals surface area contributed by atoms with Crippen LogP contribution in [0.3, 0.4) is 0 Å². The van der Waals surface area contributed by atoms with Gasteiger partial charge in [0.2, 0.25) is 5.91 Å². The van der Waals surface area contributed by atoms with E-state index in [0.717, 1.165) is 28.9 Å². The van der Waals surface area contributed by atoms with Crippen molar-refractivity contribution in [3.05, 3.63) is 90.3 Å². The van der Waals surface area contributed by atoms with E-state index >= 15 is 4.39 Å². The molecule has 0 saturated carbocycles. The highest BCUT2D eigenvalue weighted by Crippen LogP contribution is 2.31. The lowest BCUT2D eigenvalue weighted by Crippen LogP contribution is -2.14. The average molecular weight is 565 g/mol. The third kappa shape index (κ3) is 6.67. The number of anilines is 2. The molecule has 0 aliphatic rings. The third-order valence-electron chi connectivity index (χ3n) is 6.30. The van der Waals surface area contributed by atoms with Crippen LogP contribution < -0.4 is 10.6 Å². The fourth-order valence-electron chi connectivity index (χ4n) is 4.25. The molecule has 0 fully saturated rings. The van der Waals surface area contributed by atoms with Crippen LogP contribution in [0, 0.1) is 5.82 Å². The summed E-state index contributed by atoms with van der Waals surface area (Å²) in [6.45, 7) is 0.407. The van der Waals surface area contributed by atoms with Crippen molar-refractivity contribution in [1.82, 2.24) is 19.9 Å². The van der Waals surface area contributed by atoms with Crippen LogP contribution in [0.15, 0.2) is 73.3 Å². The van der Waals surface area contributed by atoms with Gasteiger partial charge in [-0.2, -0.15) is 13.2 Å². The number of amides is 1. The van der Waals surface area contributed by atoms with Crippen molar-refractivity contribution in [2.24, 2.45) is 0 Å². The number of carbonyl (C=O) groups excluding carboxylic acids is 1. The number of nitrogens with zero attached hydrogens (tertiary/aromatic N) is 3. The summed E-state index contributed by atoms with van der Waals surface area (Å²) in [6, 6.07) is 12.9. The van der Waals surface area contributed by atoms with Crippen molar-refractivity contribution in [3.8, 4) is 22.4 Å². The molecule has 5 rings (SSSR count). The Balaban J connectivity index is 1.25. The lowest BCUT2D eigenvalue weighted by molar-refractivity contribution is -0.137. The molecule has 0 bridgehead atoms. The maximum Gasteiger partial charge on any atom is 0.417 e. The van der Waals surface area contributed by atoms with Gasteiger partial charge in [-0.25, -0.2) is 14.4 Å². The smallest absolute Gasteiger partial charge is 0.395 e. The first-order valence-corrected chi connectivity index (χ1v) is 12.6. The highest BCUT2D eigenvalue weighted by atomic mass is 19.4. The number of alkyl halides is 3. The predicted octanol–water partition coefficient (Wildman–Crippen LogP) is 5.82. The summed E-state index contributed by atoms with van der Waals surface area (Å²) in [5.41, 5.74) is 2.70. The topological polar surface area (TPSA) is 116 Å². The van der Waals surface area contributed by atoms with Gasteiger partial charge in [0.15, 0.2) is 0 Å². The van der Waals surface area contributed by atoms with Crippen LogP contribution in [0.4, 0.5) is 29.1 Å². The van der Waals surface area contributed by atoms with Gasteiger partial charge in [-0.1, -0.05) is 12.1 Å². The van der Waals surface area contributed by atoms with E-state index in [9.17, 15) is 18.0 Å². The van der Waals surface area contributed by atoms with Crippen LogP contribution in [0.2, 0.25) is 0 Å². The molecule has 4 aromatic heterocycles. The van der Waals surface area contributed by atoms with E-state index in [2.05, 4.69) is 30.6 Å². The number of nitrogens with one attached hydrogen (secondary N) is 3. The summed E-state index contributed by atoms with van der Waals surface area (Å²) in [5, 5.41) is 15.1. The van der Waals surface area contributed by atoms with E-state index in [0.29, 0.717) is 40.9 Å². The van der Waals surface area contributed by atoms with Crippen LogP contribution in [0.5, 0.6) is 0 Å². The van der Waals surface area contributed by atoms with Crippen molar-refractivity contribution in [2.45, 2.75) is 19.0 Å². The molecule has 0 radical (unpaired) electrons. The number of halogens is 4. The number of aliphatic hydroxyl groups is 1. The maximum absolute atomic E-state index is 15.1. The number of aryl methyl sites for hydroxylation is 1. The first-order chi connectivity index (χ1) is 19.7. The van der Waals surface area contributed by atoms with Gasteiger partial charge in [-0.15, -0.1) is 0 Å². The van der Waals surface area contributed by atoms with E-state index in [1.807, 2.05) is 18.2 Å². The number of aliphatic hydroxyl groups excluding tert-OH is 1. The summed E-state index contributed by atoms with van der Waals surface area (Å²) in [5.74, 6) is -0.358. The van der Waals surface area contributed by atoms with Crippen molar-refractivity contribution in [2.75, 3.05) is 23.8 Å². The molecule has 4 heterocycles. The summed E-state index contributed by atoms with van der Waals surface area (Å²) in [4.78, 5) is 27.8. The molecule has 8 nitrogen and oxygen atoms in total. The van der Waals surface area contributed by atoms with E-state index in [1.165, 1.54) is 6.07 Å². The van der Waals surface area contributed by atoms with Gasteiger partial charge in [0.05, 0.1) is 24.1 Å². The van der Waals surface area contributed by atoms with Gasteiger partial charge in [0.1, 0.15) is 17.3 Å². The predicted molar refractivity (Wildman–Crippen MR) is 146 cm³/mol. The summed E-state index contributed by atoms with van der Waals surface area (Å²) >= 11 is 0. The number of H-pyrrole nitrogens is 1. The van der Waals surface area contributed by atoms with Gasteiger partial charge in [-0.3, -0.25) is 9.78 Å². The Morgan fingerprint density at radius 3 is 2.51 bits per heavy atom. The molecule has 0 atom stereocenters. The van der Waals surface area contributed by atoms with Crippen LogP contribution >= 0.6 is 0 Å². The normalized spacial score (nSPS) is 11.5. The summed E-state index contributed by atoms with van der Waals surface area (Å²) in [6.07, 6.45) is 0.637. The van der Waals surface area contributed by atoms with Crippen LogP contribution in [-0.2, 0) is 17.4 Å². The van der Waals surface area contributed by atoms with Gasteiger partial charge in [-0.05, 0) is 48.4 Å². The molecule has 1 amide bonds. The molecule has 210 valence electrons. The minimum atomic E-state index is -4.57. The molecule has 12 heteroatoms. The first kappa shape index (κ1) is 27.7. The van der Waals surface area contributed by atoms with E-state index in [4.69, 9.17) is 5.11 Å². The zero-order valence-electron chi connectivity index (χ0n) is 21.5. The quantitative estimate of drug-likeness (QED) is 0.168. The molecular formula is C29H24F4N6O2. The van der Waals surface area contributed by atoms with Crippen LogP contribution in [-0.4, -0.2) is 44.1 Å². The lowest BCUT2D eigenvalue weighted by atomic mass is 10.0. The average Bonchev–Trinajstić information content (AvgIpc) is 3.38. The number of pyridine rings is 3. The van der Waals surface area contributed by atoms with Gasteiger partial charge >= 0.3 is 6.18 Å². The molecule has 0 aliphatic carbocycles. The standard InChI is InChI=1S/C29H24F4N6O2/c30-24-9-17(2-6-27(41)38-22-12-21(15-34-16-22)29(31,32)33)1-4-23(24)20-10-19-11-25(39-28(19)37-14-20)18-3-5-26(36-13-18)35-7-8-40/h1,3-5,9-16,40H,2,6-8H2,(H,35,36)(H,37,39)(H,38,41). The fraction of sp³-hybridized carbons (Fsp3) is 0.172. The fourth-order valence-corrected chi connectivity index (χ4v) is 4.25. The highest BCUT2D eigenvalue weighted by Gasteiger charge is 2.31. The first-order valence-electron chi connectivity index (χ1n) is 12.6. The third-order valence-corrected chi connectivity index (χ3v) is 6.30. The largest absolute Gasteiger partial charge is 0.417 e. The maximum atomic E-state index is 15.1. The second-order valence-corrected chi connectivity index (χ2v) is 9.25. The van der Waals surface area contributed by atoms with Gasteiger partial charge in [0, 0.05) is 59.3 Å². The van der Waals surface area contributed by atoms with Crippen molar-refractivity contribution in [1.29, 1.82) is 0 Å². The molecule has 4 N–H and O–H groups in total. The summed E-state index contributed by atoms with van der Waals surface area (Å²) in [7, 11) is 0. The highest BCUT2D eigenvalue weighted by molar-refractivity contribution is 5.91. The van der Waals surface area contributed by atoms with E-state index in [-0.39, 0.29) is 25.1 Å². The Hall–Kier alpha value is -4.84. The summed E-state index contributed by atoms with van der Waals surface area (Å²) < 4.78 is 53.6. The number of aromatic nitrogens is 4. The Kier molecular flexibility index (Phi) is 7.92. The van der Waals surface area contributed by atoms with Crippen molar-refractivity contribution < 1.29 is 27.5 Å². The molecule has 0 unspecified atom stereocenters. The van der Waals surface area contributed by atoms with Crippen molar-refractivity contribution >= 4 is 28.4 Å². The molecule has 0 saturated heterocycles. The van der Waals surface area contributed by atoms with Crippen molar-refractivity contribution in [3.63, 3.8) is 0 Å². The lowest BCUT2D eigenvalue weighted by Gasteiger charge is -2.10. The van der Waals surface area contributed by atoms with Gasteiger partial charge in [0.25, 0.3) is 0 Å². The zero-order chi connectivity index (χ0) is 29.0. The Labute approximate surface area is 231 Å². The minimum Gasteiger partial charge on any atom is -0.395 e. The van der Waals surface area contributed by atoms with Gasteiger partial charge < -0.3 is 20.7 Å². The van der Waals surface area contributed by atoms with Crippen LogP contribution in [0.25, 0.3) is 33.4 Å². The van der Waals surface area contributed by atoms with Crippen LogP contribution in [0.1, 0.15) is 17.5 Å². The number of rotatable bonds is 9.